The van der Waals surface area contributed by atoms with Gasteiger partial charge in [0.05, 0.1) is 12.7 Å². The van der Waals surface area contributed by atoms with Gasteiger partial charge in [-0.3, -0.25) is 4.79 Å². The number of carbonyl (C=O) groups is 1. The monoisotopic (exact) mass is 346 g/mol. The molecule has 2 saturated heterocycles. The molecule has 5 heteroatoms. The van der Waals surface area contributed by atoms with Crippen LogP contribution in [0.4, 0.5) is 0 Å². The number of hydrogen-bond donors (Lipinski definition) is 2. The minimum atomic E-state index is -0.980. The molecule has 0 aromatic heterocycles. The minimum absolute atomic E-state index is 0.0223. The van der Waals surface area contributed by atoms with Gasteiger partial charge >= 0.3 is 5.97 Å². The van der Waals surface area contributed by atoms with Gasteiger partial charge in [-0.2, -0.15) is 0 Å². The van der Waals surface area contributed by atoms with Gasteiger partial charge in [0.1, 0.15) is 11.5 Å². The fourth-order valence-electron chi connectivity index (χ4n) is 6.93. The Morgan fingerprint density at radius 3 is 2.80 bits per heavy atom. The number of esters is 1. The largest absolute Gasteiger partial charge is 0.461 e. The summed E-state index contributed by atoms with van der Waals surface area (Å²) in [5.74, 6) is -0.600. The van der Waals surface area contributed by atoms with Gasteiger partial charge in [-0.15, -0.1) is 0 Å². The summed E-state index contributed by atoms with van der Waals surface area (Å²) in [5.41, 5.74) is -0.881. The number of carbonyl (C=O) groups excluding carboxylic acids is 1. The molecule has 0 aromatic carbocycles. The van der Waals surface area contributed by atoms with Crippen LogP contribution in [0.1, 0.15) is 33.1 Å². The Balaban J connectivity index is 1.73. The van der Waals surface area contributed by atoms with Crippen LogP contribution in [-0.4, -0.2) is 41.3 Å². The van der Waals surface area contributed by atoms with Gasteiger partial charge in [-0.05, 0) is 30.3 Å². The highest BCUT2D eigenvalue weighted by molar-refractivity contribution is 5.82. The second-order valence-corrected chi connectivity index (χ2v) is 9.40. The van der Waals surface area contributed by atoms with Crippen molar-refractivity contribution < 1.29 is 24.5 Å². The first-order valence-electron chi connectivity index (χ1n) is 9.31. The normalized spacial score (nSPS) is 55.4. The molecule has 2 spiro atoms. The molecule has 4 fully saturated rings. The maximum absolute atomic E-state index is 13.1. The summed E-state index contributed by atoms with van der Waals surface area (Å²) in [6.45, 7) is 8.73. The van der Waals surface area contributed by atoms with Crippen LogP contribution >= 0.6 is 0 Å². The molecular formula is C20H26O5. The van der Waals surface area contributed by atoms with Gasteiger partial charge in [0.25, 0.3) is 0 Å². The summed E-state index contributed by atoms with van der Waals surface area (Å²) in [6, 6.07) is 0. The number of aliphatic hydroxyl groups excluding tert-OH is 2. The molecule has 0 unspecified atom stereocenters. The first kappa shape index (κ1) is 16.0. The van der Waals surface area contributed by atoms with Gasteiger partial charge in [0.15, 0.2) is 6.29 Å². The molecule has 2 N–H and O–H groups in total. The average molecular weight is 346 g/mol. The molecule has 2 heterocycles. The number of fused-ring (bicyclic) bond motifs is 1. The van der Waals surface area contributed by atoms with E-state index < -0.39 is 23.2 Å². The quantitative estimate of drug-likeness (QED) is 0.517. The first-order valence-corrected chi connectivity index (χ1v) is 9.31. The Bertz CT molecular complexity index is 696. The molecule has 5 aliphatic rings. The van der Waals surface area contributed by atoms with Crippen LogP contribution in [0.15, 0.2) is 24.3 Å². The van der Waals surface area contributed by atoms with Crippen LogP contribution in [0.3, 0.4) is 0 Å². The van der Waals surface area contributed by atoms with E-state index in [-0.39, 0.29) is 35.2 Å². The van der Waals surface area contributed by atoms with Crippen molar-refractivity contribution in [3.05, 3.63) is 24.3 Å². The molecule has 3 aliphatic carbocycles. The zero-order valence-corrected chi connectivity index (χ0v) is 14.8. The molecule has 2 saturated carbocycles. The van der Waals surface area contributed by atoms with Crippen LogP contribution in [0.25, 0.3) is 0 Å². The van der Waals surface area contributed by atoms with E-state index in [1.165, 1.54) is 0 Å². The number of rotatable bonds is 0. The SMILES string of the molecule is C=C1[C@@H]2C=C[C@@H]3[C@](C2)(C(=O)O[C@H]2CCC(C)(C)[C@H]4[C@H](O)OC[C@@]243)[C@@H]1O. The molecular weight excluding hydrogens is 320 g/mol. The molecule has 2 bridgehead atoms. The Hall–Kier alpha value is -1.17. The number of hydrogen-bond acceptors (Lipinski definition) is 5. The summed E-state index contributed by atoms with van der Waals surface area (Å²) in [7, 11) is 0. The standard InChI is InChI=1S/C20H26O5/c1-10-11-4-5-12-19(8-11,15(10)21)17(23)25-13-6-7-18(2,3)14-16(22)24-9-20(12,13)14/h4-5,11-16,21-22H,1,6-9H2,2-3H3/t11-,12-,13+,14-,15-,16-,19+,20-/m1/s1. The lowest BCUT2D eigenvalue weighted by Gasteiger charge is -2.61. The Morgan fingerprint density at radius 1 is 1.28 bits per heavy atom. The van der Waals surface area contributed by atoms with Crippen molar-refractivity contribution in [2.24, 2.45) is 34.0 Å². The van der Waals surface area contributed by atoms with Crippen molar-refractivity contribution in [3.63, 3.8) is 0 Å². The van der Waals surface area contributed by atoms with Crippen LogP contribution in [0, 0.1) is 34.0 Å². The Labute approximate surface area is 147 Å². The van der Waals surface area contributed by atoms with Crippen molar-refractivity contribution >= 4 is 5.97 Å². The summed E-state index contributed by atoms with van der Waals surface area (Å²) >= 11 is 0. The van der Waals surface area contributed by atoms with E-state index in [9.17, 15) is 15.0 Å². The van der Waals surface area contributed by atoms with Gasteiger partial charge in [-0.25, -0.2) is 0 Å². The first-order chi connectivity index (χ1) is 11.7. The molecule has 25 heavy (non-hydrogen) atoms. The second-order valence-electron chi connectivity index (χ2n) is 9.40. The topological polar surface area (TPSA) is 76.0 Å². The van der Waals surface area contributed by atoms with E-state index in [2.05, 4.69) is 32.6 Å². The molecule has 2 aliphatic heterocycles. The maximum atomic E-state index is 13.1. The van der Waals surface area contributed by atoms with Crippen molar-refractivity contribution in [1.29, 1.82) is 0 Å². The number of ether oxygens (including phenoxy) is 2. The lowest BCUT2D eigenvalue weighted by atomic mass is 9.45. The average Bonchev–Trinajstić information content (AvgIpc) is 3.01. The zero-order chi connectivity index (χ0) is 17.8. The van der Waals surface area contributed by atoms with Crippen molar-refractivity contribution in [2.45, 2.75) is 51.6 Å². The maximum Gasteiger partial charge on any atom is 0.316 e. The summed E-state index contributed by atoms with van der Waals surface area (Å²) < 4.78 is 11.8. The van der Waals surface area contributed by atoms with Gasteiger partial charge in [0, 0.05) is 23.2 Å². The van der Waals surface area contributed by atoms with E-state index in [4.69, 9.17) is 9.47 Å². The van der Waals surface area contributed by atoms with Gasteiger partial charge < -0.3 is 19.7 Å². The molecule has 0 amide bonds. The Morgan fingerprint density at radius 2 is 2.04 bits per heavy atom. The van der Waals surface area contributed by atoms with E-state index >= 15 is 0 Å². The summed E-state index contributed by atoms with van der Waals surface area (Å²) in [6.07, 6.45) is 4.35. The minimum Gasteiger partial charge on any atom is -0.461 e. The van der Waals surface area contributed by atoms with Crippen molar-refractivity contribution in [2.75, 3.05) is 6.61 Å². The van der Waals surface area contributed by atoms with Crippen LogP contribution in [0.5, 0.6) is 0 Å². The molecule has 8 atom stereocenters. The fraction of sp³-hybridized carbons (Fsp3) is 0.750. The van der Waals surface area contributed by atoms with E-state index in [1.54, 1.807) is 0 Å². The van der Waals surface area contributed by atoms with Crippen molar-refractivity contribution in [1.82, 2.24) is 0 Å². The lowest BCUT2D eigenvalue weighted by molar-refractivity contribution is -0.236. The zero-order valence-electron chi connectivity index (χ0n) is 14.8. The highest BCUT2D eigenvalue weighted by atomic mass is 16.6. The highest BCUT2D eigenvalue weighted by Gasteiger charge is 2.76. The van der Waals surface area contributed by atoms with Crippen LogP contribution in [-0.2, 0) is 14.3 Å². The molecule has 5 nitrogen and oxygen atoms in total. The van der Waals surface area contributed by atoms with E-state index in [1.807, 2.05) is 0 Å². The predicted octanol–water partition coefficient (Wildman–Crippen LogP) is 1.79. The number of allylic oxidation sites excluding steroid dienone is 2. The number of aliphatic hydroxyl groups is 2. The summed E-state index contributed by atoms with van der Waals surface area (Å²) in [4.78, 5) is 13.1. The van der Waals surface area contributed by atoms with Crippen LogP contribution < -0.4 is 0 Å². The third-order valence-electron chi connectivity index (χ3n) is 8.03. The van der Waals surface area contributed by atoms with Gasteiger partial charge in [-0.1, -0.05) is 32.6 Å². The lowest BCUT2D eigenvalue weighted by Crippen LogP contribution is -2.68. The fourth-order valence-corrected chi connectivity index (χ4v) is 6.93. The van der Waals surface area contributed by atoms with E-state index in [0.29, 0.717) is 18.6 Å². The molecule has 0 radical (unpaired) electrons. The third-order valence-corrected chi connectivity index (χ3v) is 8.03. The van der Waals surface area contributed by atoms with Crippen LogP contribution in [0.2, 0.25) is 0 Å². The predicted molar refractivity (Wildman–Crippen MR) is 89.1 cm³/mol. The highest BCUT2D eigenvalue weighted by Crippen LogP contribution is 2.70. The smallest absolute Gasteiger partial charge is 0.316 e. The second kappa shape index (κ2) is 4.56. The summed E-state index contributed by atoms with van der Waals surface area (Å²) in [5, 5.41) is 21.7. The third kappa shape index (κ3) is 1.59. The molecule has 0 aromatic rings. The van der Waals surface area contributed by atoms with Crippen molar-refractivity contribution in [3.8, 4) is 0 Å². The molecule has 136 valence electrons. The van der Waals surface area contributed by atoms with Gasteiger partial charge in [0.2, 0.25) is 0 Å². The molecule has 5 rings (SSSR count). The van der Waals surface area contributed by atoms with E-state index in [0.717, 1.165) is 12.8 Å². The Kier molecular flexibility index (Phi) is 2.93.